The SMILES string of the molecule is C[C@]12C=CC(O)N=C1CC[C@@H]1[C@H]2CC[C@]2(C)C(O)CC[C@@H]12. The van der Waals surface area contributed by atoms with Gasteiger partial charge in [-0.05, 0) is 67.8 Å². The molecule has 21 heavy (non-hydrogen) atoms. The summed E-state index contributed by atoms with van der Waals surface area (Å²) in [6.45, 7) is 4.64. The zero-order valence-corrected chi connectivity index (χ0v) is 13.1. The predicted molar refractivity (Wildman–Crippen MR) is 83.0 cm³/mol. The van der Waals surface area contributed by atoms with E-state index >= 15 is 0 Å². The van der Waals surface area contributed by atoms with Gasteiger partial charge in [0.25, 0.3) is 0 Å². The molecule has 4 rings (SSSR count). The Morgan fingerprint density at radius 1 is 1.10 bits per heavy atom. The van der Waals surface area contributed by atoms with Crippen molar-refractivity contribution in [2.75, 3.05) is 0 Å². The van der Waals surface area contributed by atoms with Gasteiger partial charge in [0, 0.05) is 11.1 Å². The van der Waals surface area contributed by atoms with Crippen molar-refractivity contribution in [3.63, 3.8) is 0 Å². The van der Waals surface area contributed by atoms with Gasteiger partial charge in [0.05, 0.1) is 6.10 Å². The van der Waals surface area contributed by atoms with Gasteiger partial charge in [0.1, 0.15) is 0 Å². The van der Waals surface area contributed by atoms with Crippen LogP contribution in [0.3, 0.4) is 0 Å². The van der Waals surface area contributed by atoms with Gasteiger partial charge in [-0.25, -0.2) is 0 Å². The molecule has 0 saturated heterocycles. The molecule has 2 unspecified atom stereocenters. The lowest BCUT2D eigenvalue weighted by molar-refractivity contribution is -0.0540. The molecule has 0 aromatic rings. The third-order valence-corrected chi connectivity index (χ3v) is 7.40. The van der Waals surface area contributed by atoms with E-state index < -0.39 is 6.23 Å². The average molecular weight is 289 g/mol. The first-order valence-electron chi connectivity index (χ1n) is 8.58. The summed E-state index contributed by atoms with van der Waals surface area (Å²) in [5.74, 6) is 2.02. The van der Waals surface area contributed by atoms with E-state index in [9.17, 15) is 10.2 Å². The highest BCUT2D eigenvalue weighted by atomic mass is 16.3. The van der Waals surface area contributed by atoms with E-state index in [-0.39, 0.29) is 16.9 Å². The standard InChI is InChI=1S/C18H27NO2/c1-17-10-8-16(21)19-14(17)5-3-11-12-4-6-15(20)18(12,2)9-7-13(11)17/h8,10-13,15-16,20-21H,3-7,9H2,1-2H3/t11-,12-,13+,15?,16?,17+,18-/m0/s1. The molecule has 4 aliphatic rings. The largest absolute Gasteiger partial charge is 0.393 e. The molecular formula is C18H27NO2. The smallest absolute Gasteiger partial charge is 0.164 e. The second-order valence-electron chi connectivity index (χ2n) is 8.18. The van der Waals surface area contributed by atoms with Gasteiger partial charge >= 0.3 is 0 Å². The average Bonchev–Trinajstić information content (AvgIpc) is 2.76. The lowest BCUT2D eigenvalue weighted by atomic mass is 9.49. The Kier molecular flexibility index (Phi) is 2.94. The maximum absolute atomic E-state index is 10.4. The summed E-state index contributed by atoms with van der Waals surface area (Å²) in [7, 11) is 0. The van der Waals surface area contributed by atoms with E-state index in [4.69, 9.17) is 0 Å². The number of hydrogen-bond acceptors (Lipinski definition) is 3. The molecule has 116 valence electrons. The van der Waals surface area contributed by atoms with Crippen molar-refractivity contribution in [1.82, 2.24) is 0 Å². The van der Waals surface area contributed by atoms with Crippen LogP contribution >= 0.6 is 0 Å². The van der Waals surface area contributed by atoms with Crippen molar-refractivity contribution in [3.05, 3.63) is 12.2 Å². The summed E-state index contributed by atoms with van der Waals surface area (Å²) in [5.41, 5.74) is 1.39. The number of dihydropyridines is 1. The summed E-state index contributed by atoms with van der Waals surface area (Å²) in [4.78, 5) is 4.52. The Labute approximate surface area is 127 Å². The van der Waals surface area contributed by atoms with Crippen LogP contribution in [0.1, 0.15) is 52.4 Å². The van der Waals surface area contributed by atoms with Crippen LogP contribution in [0, 0.1) is 28.6 Å². The minimum atomic E-state index is -0.633. The van der Waals surface area contributed by atoms with Gasteiger partial charge in [-0.3, -0.25) is 4.99 Å². The topological polar surface area (TPSA) is 52.8 Å². The highest BCUT2D eigenvalue weighted by molar-refractivity contribution is 5.93. The fourth-order valence-corrected chi connectivity index (χ4v) is 6.11. The minimum absolute atomic E-state index is 0.0387. The molecule has 1 aliphatic heterocycles. The molecule has 3 fully saturated rings. The molecule has 0 aromatic heterocycles. The van der Waals surface area contributed by atoms with Gasteiger partial charge in [0.2, 0.25) is 0 Å². The monoisotopic (exact) mass is 289 g/mol. The Hall–Kier alpha value is -0.670. The first-order valence-corrected chi connectivity index (χ1v) is 8.58. The summed E-state index contributed by atoms with van der Waals surface area (Å²) in [6.07, 6.45) is 10.1. The van der Waals surface area contributed by atoms with Gasteiger partial charge in [0.15, 0.2) is 6.23 Å². The van der Waals surface area contributed by atoms with Crippen LogP contribution in [0.2, 0.25) is 0 Å². The third-order valence-electron chi connectivity index (χ3n) is 7.40. The van der Waals surface area contributed by atoms with Crippen molar-refractivity contribution in [2.24, 2.45) is 33.6 Å². The predicted octanol–water partition coefficient (Wildman–Crippen LogP) is 2.92. The molecule has 7 atom stereocenters. The van der Waals surface area contributed by atoms with Crippen LogP contribution in [-0.4, -0.2) is 28.3 Å². The highest BCUT2D eigenvalue weighted by Crippen LogP contribution is 2.62. The molecule has 0 aromatic carbocycles. The first kappa shape index (κ1) is 14.0. The maximum atomic E-state index is 10.4. The van der Waals surface area contributed by atoms with E-state index in [2.05, 4.69) is 24.9 Å². The molecule has 3 heteroatoms. The number of allylic oxidation sites excluding steroid dienone is 1. The van der Waals surface area contributed by atoms with E-state index in [0.29, 0.717) is 17.8 Å². The Morgan fingerprint density at radius 3 is 2.71 bits per heavy atom. The normalized spacial score (nSPS) is 55.4. The van der Waals surface area contributed by atoms with E-state index in [1.54, 1.807) is 0 Å². The first-order chi connectivity index (χ1) is 9.95. The molecule has 3 nitrogen and oxygen atoms in total. The van der Waals surface area contributed by atoms with Crippen molar-refractivity contribution < 1.29 is 10.2 Å². The van der Waals surface area contributed by atoms with Gasteiger partial charge < -0.3 is 10.2 Å². The number of nitrogens with zero attached hydrogens (tertiary/aromatic N) is 1. The molecule has 0 spiro atoms. The van der Waals surface area contributed by atoms with Crippen LogP contribution in [0.4, 0.5) is 0 Å². The van der Waals surface area contributed by atoms with Crippen molar-refractivity contribution >= 4 is 5.71 Å². The second-order valence-corrected chi connectivity index (χ2v) is 8.18. The van der Waals surface area contributed by atoms with Gasteiger partial charge in [-0.1, -0.05) is 19.9 Å². The minimum Gasteiger partial charge on any atom is -0.393 e. The molecule has 3 saturated carbocycles. The fraction of sp³-hybridized carbons (Fsp3) is 0.833. The highest BCUT2D eigenvalue weighted by Gasteiger charge is 2.58. The maximum Gasteiger partial charge on any atom is 0.164 e. The number of aliphatic hydroxyl groups excluding tert-OH is 2. The third kappa shape index (κ3) is 1.77. The van der Waals surface area contributed by atoms with Crippen LogP contribution in [0.5, 0.6) is 0 Å². The molecular weight excluding hydrogens is 262 g/mol. The van der Waals surface area contributed by atoms with E-state index in [1.807, 2.05) is 6.08 Å². The Bertz CT molecular complexity index is 513. The lowest BCUT2D eigenvalue weighted by Gasteiger charge is -2.56. The molecule has 2 N–H and O–H groups in total. The number of aliphatic hydroxyl groups is 2. The number of aliphatic imine (C=N–C) groups is 1. The number of hydrogen-bond donors (Lipinski definition) is 2. The Balaban J connectivity index is 1.69. The zero-order chi connectivity index (χ0) is 14.8. The summed E-state index contributed by atoms with van der Waals surface area (Å²) in [5, 5.41) is 20.2. The van der Waals surface area contributed by atoms with Crippen LogP contribution in [-0.2, 0) is 0 Å². The van der Waals surface area contributed by atoms with E-state index in [1.165, 1.54) is 25.0 Å². The van der Waals surface area contributed by atoms with Crippen molar-refractivity contribution in [3.8, 4) is 0 Å². The van der Waals surface area contributed by atoms with Crippen molar-refractivity contribution in [1.29, 1.82) is 0 Å². The zero-order valence-electron chi connectivity index (χ0n) is 13.1. The van der Waals surface area contributed by atoms with Crippen LogP contribution in [0.15, 0.2) is 17.1 Å². The van der Waals surface area contributed by atoms with Gasteiger partial charge in [-0.15, -0.1) is 0 Å². The summed E-state index contributed by atoms with van der Waals surface area (Å²) >= 11 is 0. The number of rotatable bonds is 0. The molecule has 0 bridgehead atoms. The molecule has 1 heterocycles. The molecule has 3 aliphatic carbocycles. The van der Waals surface area contributed by atoms with Crippen LogP contribution in [0.25, 0.3) is 0 Å². The van der Waals surface area contributed by atoms with Gasteiger partial charge in [-0.2, -0.15) is 0 Å². The summed E-state index contributed by atoms with van der Waals surface area (Å²) < 4.78 is 0. The van der Waals surface area contributed by atoms with Crippen LogP contribution < -0.4 is 0 Å². The lowest BCUT2D eigenvalue weighted by Crippen LogP contribution is -2.53. The second kappa shape index (κ2) is 4.42. The molecule has 0 radical (unpaired) electrons. The summed E-state index contributed by atoms with van der Waals surface area (Å²) in [6, 6.07) is 0. The fourth-order valence-electron chi connectivity index (χ4n) is 6.11. The number of fused-ring (bicyclic) bond motifs is 5. The Morgan fingerprint density at radius 2 is 1.90 bits per heavy atom. The van der Waals surface area contributed by atoms with E-state index in [0.717, 1.165) is 19.3 Å². The van der Waals surface area contributed by atoms with Crippen molar-refractivity contribution in [2.45, 2.75) is 64.7 Å². The quantitative estimate of drug-likeness (QED) is 0.674. The molecule has 0 amide bonds.